The van der Waals surface area contributed by atoms with E-state index < -0.39 is 30.8 Å². The number of nitrogens with zero attached hydrogens (tertiary/aromatic N) is 6. The van der Waals surface area contributed by atoms with Crippen LogP contribution < -0.4 is 25.0 Å². The van der Waals surface area contributed by atoms with Gasteiger partial charge in [-0.05, 0) is 36.4 Å². The van der Waals surface area contributed by atoms with Gasteiger partial charge >= 0.3 is 12.0 Å². The fourth-order valence-corrected chi connectivity index (χ4v) is 6.07. The molecule has 1 saturated heterocycles. The molecule has 5 rings (SSSR count). The third kappa shape index (κ3) is 8.17. The summed E-state index contributed by atoms with van der Waals surface area (Å²) in [5, 5.41) is 4.91. The van der Waals surface area contributed by atoms with Gasteiger partial charge in [0.1, 0.15) is 17.9 Å². The third-order valence-corrected chi connectivity index (χ3v) is 9.01. The van der Waals surface area contributed by atoms with E-state index in [0.29, 0.717) is 29.4 Å². The van der Waals surface area contributed by atoms with E-state index in [0.717, 1.165) is 16.1 Å². The minimum absolute atomic E-state index is 0.0948. The van der Waals surface area contributed by atoms with Gasteiger partial charge in [0.25, 0.3) is 11.9 Å². The zero-order valence-corrected chi connectivity index (χ0v) is 29.1. The van der Waals surface area contributed by atoms with Crippen molar-refractivity contribution in [2.75, 3.05) is 65.4 Å². The molecule has 1 aliphatic rings. The second kappa shape index (κ2) is 15.9. The Labute approximate surface area is 297 Å². The van der Waals surface area contributed by atoms with Gasteiger partial charge in [0.15, 0.2) is 0 Å². The molecule has 0 bridgehead atoms. The first-order chi connectivity index (χ1) is 23.9. The standard InChI is InChI=1S/C33H36Cl2F2N8O5/c1-38-31(48)44-15-13-43(14-16-44)20-33(36,37)30(47)40-17-27(46)42(2)24-11-10-23(34)22(28(24)35)19-50-26-9-6-8-25-29(26)41-32(49-3)45(25)18-21-7-4-5-12-39-21/h4-12H,13-20H2,1-3H3,(H,38,48)(H,40,47). The van der Waals surface area contributed by atoms with Gasteiger partial charge in [0, 0.05) is 57.1 Å². The number of para-hydroxylation sites is 1. The quantitative estimate of drug-likeness (QED) is 0.223. The van der Waals surface area contributed by atoms with Gasteiger partial charge in [-0.1, -0.05) is 35.3 Å². The van der Waals surface area contributed by atoms with Crippen molar-refractivity contribution in [2.45, 2.75) is 19.1 Å². The van der Waals surface area contributed by atoms with Crippen LogP contribution in [0.1, 0.15) is 11.3 Å². The largest absolute Gasteiger partial charge is 0.486 e. The molecule has 4 aromatic rings. The van der Waals surface area contributed by atoms with Crippen molar-refractivity contribution < 1.29 is 32.6 Å². The topological polar surface area (TPSA) is 134 Å². The molecule has 2 aromatic carbocycles. The molecule has 0 atom stereocenters. The molecule has 0 saturated carbocycles. The summed E-state index contributed by atoms with van der Waals surface area (Å²) in [4.78, 5) is 50.2. The number of hydrogen-bond acceptors (Lipinski definition) is 8. The number of nitrogens with one attached hydrogen (secondary N) is 2. The number of piperazine rings is 1. The number of ether oxygens (including phenoxy) is 2. The predicted molar refractivity (Wildman–Crippen MR) is 184 cm³/mol. The van der Waals surface area contributed by atoms with E-state index in [-0.39, 0.29) is 54.5 Å². The predicted octanol–water partition coefficient (Wildman–Crippen LogP) is 4.05. The van der Waals surface area contributed by atoms with E-state index in [1.165, 1.54) is 43.1 Å². The van der Waals surface area contributed by atoms with E-state index in [4.69, 9.17) is 32.7 Å². The van der Waals surface area contributed by atoms with Crippen LogP contribution in [0.2, 0.25) is 10.0 Å². The minimum Gasteiger partial charge on any atom is -0.486 e. The van der Waals surface area contributed by atoms with Crippen molar-refractivity contribution in [1.29, 1.82) is 0 Å². The lowest BCUT2D eigenvalue weighted by atomic mass is 10.2. The summed E-state index contributed by atoms with van der Waals surface area (Å²) < 4.78 is 43.1. The number of methoxy groups -OCH3 is 1. The van der Waals surface area contributed by atoms with Crippen molar-refractivity contribution in [3.05, 3.63) is 76.0 Å². The van der Waals surface area contributed by atoms with Gasteiger partial charge in [-0.2, -0.15) is 13.8 Å². The van der Waals surface area contributed by atoms with E-state index >= 15 is 0 Å². The van der Waals surface area contributed by atoms with Crippen molar-refractivity contribution >= 4 is 57.8 Å². The number of aromatic nitrogens is 3. The fourth-order valence-electron chi connectivity index (χ4n) is 5.46. The molecule has 3 heterocycles. The number of benzene rings is 2. The number of carbonyl (C=O) groups is 3. The fraction of sp³-hybridized carbons (Fsp3) is 0.364. The second-order valence-corrected chi connectivity index (χ2v) is 12.2. The summed E-state index contributed by atoms with van der Waals surface area (Å²) in [6, 6.07) is 14.2. The first-order valence-electron chi connectivity index (χ1n) is 15.6. The van der Waals surface area contributed by atoms with Crippen molar-refractivity contribution in [3.8, 4) is 11.8 Å². The first kappa shape index (κ1) is 36.5. The molecular weight excluding hydrogens is 697 g/mol. The number of hydrogen-bond donors (Lipinski definition) is 2. The Kier molecular flexibility index (Phi) is 11.6. The lowest BCUT2D eigenvalue weighted by Gasteiger charge is -2.35. The molecule has 0 spiro atoms. The van der Waals surface area contributed by atoms with Gasteiger partial charge in [0.05, 0.1) is 48.7 Å². The number of urea groups is 1. The lowest BCUT2D eigenvalue weighted by molar-refractivity contribution is -0.149. The molecule has 17 heteroatoms. The summed E-state index contributed by atoms with van der Waals surface area (Å²) in [7, 11) is 4.42. The number of halogens is 4. The molecule has 13 nitrogen and oxygen atoms in total. The number of imidazole rings is 1. The van der Waals surface area contributed by atoms with Crippen LogP contribution in [0.15, 0.2) is 54.7 Å². The van der Waals surface area contributed by atoms with Crippen LogP contribution in [0.5, 0.6) is 11.8 Å². The number of alkyl halides is 2. The van der Waals surface area contributed by atoms with Gasteiger partial charge in [0.2, 0.25) is 5.91 Å². The summed E-state index contributed by atoms with van der Waals surface area (Å²) in [5.41, 5.74) is 2.70. The van der Waals surface area contributed by atoms with Crippen LogP contribution in [-0.4, -0.2) is 109 Å². The number of carbonyl (C=O) groups excluding carboxylic acids is 3. The number of amides is 4. The van der Waals surface area contributed by atoms with Crippen LogP contribution in [-0.2, 0) is 22.7 Å². The number of anilines is 1. The van der Waals surface area contributed by atoms with Gasteiger partial charge in [-0.25, -0.2) is 4.79 Å². The average molecular weight is 734 g/mol. The maximum atomic E-state index is 14.8. The summed E-state index contributed by atoms with van der Waals surface area (Å²) >= 11 is 13.2. The molecule has 1 fully saturated rings. The van der Waals surface area contributed by atoms with Gasteiger partial charge in [-0.15, -0.1) is 0 Å². The van der Waals surface area contributed by atoms with Gasteiger partial charge in [-0.3, -0.25) is 24.0 Å². The number of likely N-dealkylation sites (N-methyl/N-ethyl adjacent to an activating group) is 1. The molecule has 0 aliphatic carbocycles. The van der Waals surface area contributed by atoms with Crippen molar-refractivity contribution in [1.82, 2.24) is 35.0 Å². The smallest absolute Gasteiger partial charge is 0.336 e. The maximum Gasteiger partial charge on any atom is 0.336 e. The monoisotopic (exact) mass is 732 g/mol. The van der Waals surface area contributed by atoms with E-state index in [1.807, 2.05) is 40.2 Å². The van der Waals surface area contributed by atoms with Crippen LogP contribution in [0.3, 0.4) is 0 Å². The van der Waals surface area contributed by atoms with Crippen LogP contribution in [0.25, 0.3) is 11.0 Å². The van der Waals surface area contributed by atoms with Crippen LogP contribution >= 0.6 is 23.2 Å². The van der Waals surface area contributed by atoms with E-state index in [1.54, 1.807) is 12.3 Å². The first-order valence-corrected chi connectivity index (χ1v) is 16.3. The Hall–Kier alpha value is -4.73. The zero-order chi connectivity index (χ0) is 36.0. The summed E-state index contributed by atoms with van der Waals surface area (Å²) in [5.74, 6) is -5.62. The highest BCUT2D eigenvalue weighted by Crippen LogP contribution is 2.36. The molecule has 1 aliphatic heterocycles. The zero-order valence-electron chi connectivity index (χ0n) is 27.6. The molecule has 4 amide bonds. The van der Waals surface area contributed by atoms with Crippen molar-refractivity contribution in [2.24, 2.45) is 0 Å². The molecular formula is C33H36Cl2F2N8O5. The maximum absolute atomic E-state index is 14.8. The highest BCUT2D eigenvalue weighted by atomic mass is 35.5. The van der Waals surface area contributed by atoms with Crippen molar-refractivity contribution in [3.63, 3.8) is 0 Å². The second-order valence-electron chi connectivity index (χ2n) is 11.4. The summed E-state index contributed by atoms with van der Waals surface area (Å²) in [6.45, 7) is -0.376. The molecule has 0 radical (unpaired) electrons. The minimum atomic E-state index is -3.77. The Morgan fingerprint density at radius 2 is 1.80 bits per heavy atom. The van der Waals surface area contributed by atoms with Crippen LogP contribution in [0, 0.1) is 0 Å². The SMILES string of the molecule is CNC(=O)N1CCN(CC(F)(F)C(=O)NCC(=O)N(C)c2ccc(Cl)c(COc3cccc4c3nc(OC)n4Cc3ccccn3)c2Cl)CC1. The molecule has 266 valence electrons. The molecule has 2 N–H and O–H groups in total. The molecule has 0 unspecified atom stereocenters. The van der Waals surface area contributed by atoms with Crippen LogP contribution in [0.4, 0.5) is 19.3 Å². The normalized spacial score (nSPS) is 13.6. The Morgan fingerprint density at radius 1 is 1.04 bits per heavy atom. The number of fused-ring (bicyclic) bond motifs is 1. The Morgan fingerprint density at radius 3 is 2.48 bits per heavy atom. The molecule has 2 aromatic heterocycles. The Balaban J connectivity index is 1.22. The van der Waals surface area contributed by atoms with Gasteiger partial charge < -0.3 is 29.9 Å². The highest BCUT2D eigenvalue weighted by Gasteiger charge is 2.41. The van der Waals surface area contributed by atoms with E-state index in [9.17, 15) is 23.2 Å². The Bertz CT molecular complexity index is 1850. The number of pyridine rings is 1. The summed E-state index contributed by atoms with van der Waals surface area (Å²) in [6.07, 6.45) is 1.71. The average Bonchev–Trinajstić information content (AvgIpc) is 3.48. The third-order valence-electron chi connectivity index (χ3n) is 8.24. The molecule has 50 heavy (non-hydrogen) atoms. The van der Waals surface area contributed by atoms with E-state index in [2.05, 4.69) is 15.3 Å². The lowest BCUT2D eigenvalue weighted by Crippen LogP contribution is -2.56. The number of rotatable bonds is 12. The highest BCUT2D eigenvalue weighted by molar-refractivity contribution is 6.38.